The van der Waals surface area contributed by atoms with Crippen LogP contribution < -0.4 is 4.74 Å². The first-order valence-electron chi connectivity index (χ1n) is 11.2. The Morgan fingerprint density at radius 1 is 0.811 bits per heavy atom. The summed E-state index contributed by atoms with van der Waals surface area (Å²) in [6, 6.07) is 24.3. The van der Waals surface area contributed by atoms with Crippen molar-refractivity contribution < 1.29 is 32.6 Å². The first kappa shape index (κ1) is 25.4. The van der Waals surface area contributed by atoms with Crippen LogP contribution in [0, 0.1) is 0 Å². The Kier molecular flexibility index (Phi) is 7.53. The van der Waals surface area contributed by atoms with Crippen molar-refractivity contribution in [1.82, 2.24) is 0 Å². The van der Waals surface area contributed by atoms with Crippen LogP contribution in [0.2, 0.25) is 0 Å². The average molecular weight is 502 g/mol. The molecule has 0 radical (unpaired) electrons. The number of hydrogen-bond acceptors (Lipinski definition) is 3. The highest BCUT2D eigenvalue weighted by molar-refractivity contribution is 5.92. The topological polar surface area (TPSA) is 63.6 Å². The van der Waals surface area contributed by atoms with Gasteiger partial charge < -0.3 is 9.84 Å². The molecule has 4 nitrogen and oxygen atoms in total. The molecule has 0 saturated heterocycles. The van der Waals surface area contributed by atoms with Gasteiger partial charge in [0.1, 0.15) is 12.4 Å². The summed E-state index contributed by atoms with van der Waals surface area (Å²) in [6.07, 6.45) is -1.50. The molecule has 186 valence electrons. The van der Waals surface area contributed by atoms with Crippen molar-refractivity contribution in [2.45, 2.75) is 12.8 Å². The molecule has 1 N–H and O–H groups in total. The van der Waals surface area contributed by atoms with Crippen LogP contribution >= 0.6 is 0 Å². The number of rotatable bonds is 8. The van der Waals surface area contributed by atoms with Crippen LogP contribution in [0.25, 0.3) is 28.3 Å². The zero-order valence-corrected chi connectivity index (χ0v) is 19.4. The minimum Gasteiger partial charge on any atom is -0.489 e. The van der Waals surface area contributed by atoms with Crippen LogP contribution in [0.4, 0.5) is 13.2 Å². The number of hydrogen-bond donors (Lipinski definition) is 1. The maximum absolute atomic E-state index is 13.2. The van der Waals surface area contributed by atoms with Gasteiger partial charge in [0.05, 0.1) is 5.56 Å². The number of halogens is 3. The van der Waals surface area contributed by atoms with Gasteiger partial charge in [-0.2, -0.15) is 13.2 Å². The summed E-state index contributed by atoms with van der Waals surface area (Å²) in [4.78, 5) is 23.1. The van der Waals surface area contributed by atoms with Gasteiger partial charge in [-0.25, -0.2) is 4.79 Å². The number of alkyl halides is 3. The van der Waals surface area contributed by atoms with Crippen LogP contribution in [0.1, 0.15) is 27.0 Å². The van der Waals surface area contributed by atoms with Crippen LogP contribution in [-0.4, -0.2) is 17.4 Å². The molecule has 4 aromatic rings. The second kappa shape index (κ2) is 11.0. The largest absolute Gasteiger partial charge is 0.489 e. The highest BCUT2D eigenvalue weighted by Crippen LogP contribution is 2.35. The fraction of sp³-hybridized carbons (Fsp3) is 0.0667. The minimum atomic E-state index is -4.51. The Bertz CT molecular complexity index is 1460. The molecular formula is C30H21F3O4. The number of aldehydes is 1. The van der Waals surface area contributed by atoms with Crippen molar-refractivity contribution in [2.24, 2.45) is 0 Å². The molecule has 0 bridgehead atoms. The zero-order chi connectivity index (χ0) is 26.4. The monoisotopic (exact) mass is 502 g/mol. The number of carbonyl (C=O) groups is 2. The van der Waals surface area contributed by atoms with Crippen molar-refractivity contribution in [3.05, 3.63) is 119 Å². The Balaban J connectivity index is 1.71. The standard InChI is InChI=1S/C30H21F3O4/c31-30(32,33)25-8-4-7-21(16-25)28-12-9-22(15-24(28)18-34)27-13-11-26(17-23(27)10-14-29(35)36)37-19-20-5-2-1-3-6-20/h1-18H,19H2,(H,35,36). The third-order valence-corrected chi connectivity index (χ3v) is 5.67. The Hall–Kier alpha value is -4.65. The molecule has 0 saturated carbocycles. The van der Waals surface area contributed by atoms with Gasteiger partial charge in [-0.3, -0.25) is 4.79 Å². The van der Waals surface area contributed by atoms with Crippen molar-refractivity contribution in [3.8, 4) is 28.0 Å². The van der Waals surface area contributed by atoms with Crippen molar-refractivity contribution in [3.63, 3.8) is 0 Å². The molecule has 7 heteroatoms. The summed E-state index contributed by atoms with van der Waals surface area (Å²) in [5, 5.41) is 9.14. The van der Waals surface area contributed by atoms with Gasteiger partial charge in [0.15, 0.2) is 6.29 Å². The molecule has 37 heavy (non-hydrogen) atoms. The molecule has 4 aromatic carbocycles. The maximum Gasteiger partial charge on any atom is 0.416 e. The summed E-state index contributed by atoms with van der Waals surface area (Å²) in [5.74, 6) is -0.608. The first-order chi connectivity index (χ1) is 17.7. The van der Waals surface area contributed by atoms with Gasteiger partial charge in [0.2, 0.25) is 0 Å². The van der Waals surface area contributed by atoms with Crippen LogP contribution in [0.15, 0.2) is 97.1 Å². The third kappa shape index (κ3) is 6.32. The SMILES string of the molecule is O=Cc1cc(-c2ccc(OCc3ccccc3)cc2C=CC(=O)O)ccc1-c1cccc(C(F)(F)F)c1. The molecular weight excluding hydrogens is 481 g/mol. The number of carboxylic acid groups (broad SMARTS) is 1. The van der Waals surface area contributed by atoms with E-state index in [9.17, 15) is 22.8 Å². The van der Waals surface area contributed by atoms with Crippen molar-refractivity contribution in [1.29, 1.82) is 0 Å². The van der Waals surface area contributed by atoms with Gasteiger partial charge in [-0.1, -0.05) is 60.7 Å². The lowest BCUT2D eigenvalue weighted by atomic mass is 9.92. The second-order valence-electron chi connectivity index (χ2n) is 8.19. The summed E-state index contributed by atoms with van der Waals surface area (Å²) < 4.78 is 45.4. The van der Waals surface area contributed by atoms with E-state index in [0.29, 0.717) is 40.9 Å². The summed E-state index contributed by atoms with van der Waals surface area (Å²) in [6.45, 7) is 0.323. The molecule has 0 heterocycles. The molecule has 0 amide bonds. The van der Waals surface area contributed by atoms with Gasteiger partial charge >= 0.3 is 12.1 Å². The van der Waals surface area contributed by atoms with Crippen LogP contribution in [-0.2, 0) is 17.6 Å². The average Bonchev–Trinajstić information content (AvgIpc) is 2.90. The lowest BCUT2D eigenvalue weighted by molar-refractivity contribution is -0.137. The lowest BCUT2D eigenvalue weighted by Crippen LogP contribution is -2.04. The fourth-order valence-corrected chi connectivity index (χ4v) is 3.89. The Morgan fingerprint density at radius 3 is 2.22 bits per heavy atom. The highest BCUT2D eigenvalue weighted by Gasteiger charge is 2.30. The van der Waals surface area contributed by atoms with E-state index < -0.39 is 17.7 Å². The predicted molar refractivity (Wildman–Crippen MR) is 135 cm³/mol. The van der Waals surface area contributed by atoms with Gasteiger partial charge in [-0.05, 0) is 69.8 Å². The van der Waals surface area contributed by atoms with Gasteiger partial charge in [0.25, 0.3) is 0 Å². The summed E-state index contributed by atoms with van der Waals surface area (Å²) in [5.41, 5.74) is 2.74. The molecule has 0 fully saturated rings. The minimum absolute atomic E-state index is 0.203. The van der Waals surface area contributed by atoms with Crippen molar-refractivity contribution in [2.75, 3.05) is 0 Å². The van der Waals surface area contributed by atoms with E-state index in [1.54, 1.807) is 36.4 Å². The number of aliphatic carboxylic acids is 1. The summed E-state index contributed by atoms with van der Waals surface area (Å²) >= 11 is 0. The molecule has 0 aliphatic carbocycles. The van der Waals surface area contributed by atoms with Crippen LogP contribution in [0.5, 0.6) is 5.75 Å². The number of ether oxygens (including phenoxy) is 1. The van der Waals surface area contributed by atoms with E-state index in [1.807, 2.05) is 30.3 Å². The molecule has 0 unspecified atom stereocenters. The van der Waals surface area contributed by atoms with E-state index in [-0.39, 0.29) is 11.1 Å². The first-order valence-corrected chi connectivity index (χ1v) is 11.2. The molecule has 0 aliphatic rings. The molecule has 0 aromatic heterocycles. The molecule has 0 aliphatic heterocycles. The number of carboxylic acids is 1. The predicted octanol–water partition coefficient (Wildman–Crippen LogP) is 7.53. The lowest BCUT2D eigenvalue weighted by Gasteiger charge is -2.14. The van der Waals surface area contributed by atoms with E-state index >= 15 is 0 Å². The third-order valence-electron chi connectivity index (χ3n) is 5.67. The highest BCUT2D eigenvalue weighted by atomic mass is 19.4. The van der Waals surface area contributed by atoms with Crippen molar-refractivity contribution >= 4 is 18.3 Å². The van der Waals surface area contributed by atoms with E-state index in [1.165, 1.54) is 18.2 Å². The normalized spacial score (nSPS) is 11.4. The fourth-order valence-electron chi connectivity index (χ4n) is 3.89. The Labute approximate surface area is 211 Å². The zero-order valence-electron chi connectivity index (χ0n) is 19.4. The second-order valence-corrected chi connectivity index (χ2v) is 8.19. The molecule has 4 rings (SSSR count). The quantitative estimate of drug-likeness (QED) is 0.200. The summed E-state index contributed by atoms with van der Waals surface area (Å²) in [7, 11) is 0. The smallest absolute Gasteiger partial charge is 0.416 e. The van der Waals surface area contributed by atoms with E-state index in [2.05, 4.69) is 0 Å². The molecule has 0 spiro atoms. The number of carbonyl (C=O) groups excluding carboxylic acids is 1. The Morgan fingerprint density at radius 2 is 1.51 bits per heavy atom. The van der Waals surface area contributed by atoms with Gasteiger partial charge in [-0.15, -0.1) is 0 Å². The van der Waals surface area contributed by atoms with E-state index in [0.717, 1.165) is 23.8 Å². The number of benzene rings is 4. The van der Waals surface area contributed by atoms with Gasteiger partial charge in [0, 0.05) is 11.6 Å². The van der Waals surface area contributed by atoms with E-state index in [4.69, 9.17) is 9.84 Å². The molecule has 0 atom stereocenters. The van der Waals surface area contributed by atoms with Crippen LogP contribution in [0.3, 0.4) is 0 Å². The maximum atomic E-state index is 13.2.